The number of imide groups is 2. The molecule has 0 spiro atoms. The molecule has 43 heavy (non-hydrogen) atoms. The first kappa shape index (κ1) is 29.8. The van der Waals surface area contributed by atoms with Crippen molar-refractivity contribution in [3.05, 3.63) is 24.3 Å². The van der Waals surface area contributed by atoms with Crippen LogP contribution < -0.4 is 0 Å². The highest BCUT2D eigenvalue weighted by Gasteiger charge is 2.73. The van der Waals surface area contributed by atoms with Crippen molar-refractivity contribution in [2.24, 2.45) is 47.3 Å². The summed E-state index contributed by atoms with van der Waals surface area (Å²) in [5.41, 5.74) is 0. The first-order valence-electron chi connectivity index (χ1n) is 16.2. The Bertz CT molecular complexity index is 1180. The molecule has 6 aliphatic rings. The zero-order chi connectivity index (χ0) is 30.1. The number of carbonyl (C=O) groups excluding carboxylic acids is 6. The SMILES string of the molecule is O=C(CCCCCN1C(=O)C=CC1=O)OCC1CC2C(C1)C1C3C(COC(=O)CCCCCN4C(=O)C=CC4=O)CC2C31. The number of nitrogens with zero attached hydrogens (tertiary/aromatic N) is 2. The lowest BCUT2D eigenvalue weighted by Gasteiger charge is -2.19. The van der Waals surface area contributed by atoms with E-state index in [0.717, 1.165) is 55.8 Å². The maximum atomic E-state index is 12.3. The molecular weight excluding hydrogens is 552 g/mol. The van der Waals surface area contributed by atoms with Crippen LogP contribution in [0.1, 0.15) is 70.6 Å². The van der Waals surface area contributed by atoms with E-state index < -0.39 is 0 Å². The van der Waals surface area contributed by atoms with E-state index in [1.54, 1.807) is 0 Å². The Hall–Kier alpha value is -3.30. The summed E-state index contributed by atoms with van der Waals surface area (Å²) in [7, 11) is 0. The zero-order valence-corrected chi connectivity index (χ0v) is 24.7. The number of esters is 2. The van der Waals surface area contributed by atoms with Gasteiger partial charge >= 0.3 is 11.9 Å². The third-order valence-corrected chi connectivity index (χ3v) is 10.9. The highest BCUT2D eigenvalue weighted by atomic mass is 16.5. The van der Waals surface area contributed by atoms with Crippen LogP contribution in [0.4, 0.5) is 0 Å². The van der Waals surface area contributed by atoms with Crippen LogP contribution >= 0.6 is 0 Å². The molecule has 2 heterocycles. The molecule has 2 aliphatic heterocycles. The Morgan fingerprint density at radius 2 is 1.05 bits per heavy atom. The van der Waals surface area contributed by atoms with Crippen molar-refractivity contribution in [1.82, 2.24) is 9.80 Å². The number of rotatable bonds is 16. The number of hydrogen-bond donors (Lipinski definition) is 0. The monoisotopic (exact) mass is 594 g/mol. The van der Waals surface area contributed by atoms with E-state index in [4.69, 9.17) is 9.47 Å². The van der Waals surface area contributed by atoms with E-state index in [1.165, 1.54) is 34.1 Å². The Morgan fingerprint density at radius 1 is 0.581 bits per heavy atom. The smallest absolute Gasteiger partial charge is 0.305 e. The molecule has 0 radical (unpaired) electrons. The summed E-state index contributed by atoms with van der Waals surface area (Å²) in [6.45, 7) is 1.82. The maximum Gasteiger partial charge on any atom is 0.305 e. The highest BCUT2D eigenvalue weighted by Crippen LogP contribution is 2.77. The van der Waals surface area contributed by atoms with Crippen molar-refractivity contribution in [3.8, 4) is 0 Å². The average molecular weight is 595 g/mol. The van der Waals surface area contributed by atoms with Crippen LogP contribution in [0.5, 0.6) is 0 Å². The van der Waals surface area contributed by atoms with Gasteiger partial charge in [0.05, 0.1) is 13.2 Å². The molecule has 4 saturated carbocycles. The van der Waals surface area contributed by atoms with E-state index in [2.05, 4.69) is 0 Å². The van der Waals surface area contributed by atoms with Gasteiger partial charge in [-0.05, 0) is 92.3 Å². The summed E-state index contributed by atoms with van der Waals surface area (Å²) < 4.78 is 11.3. The molecule has 4 fully saturated rings. The first-order chi connectivity index (χ1) is 20.8. The van der Waals surface area contributed by atoms with E-state index in [1.807, 2.05) is 0 Å². The summed E-state index contributed by atoms with van der Waals surface area (Å²) in [6.07, 6.45) is 13.6. The van der Waals surface area contributed by atoms with Gasteiger partial charge in [0.2, 0.25) is 0 Å². The van der Waals surface area contributed by atoms with Crippen LogP contribution in [0, 0.1) is 47.3 Å². The number of hydrogen-bond acceptors (Lipinski definition) is 8. The standard InChI is InChI=1S/C33H42N2O8/c36-25-9-10-26(37)34(25)13-5-1-3-7-29(40)42-18-20-15-22-23(16-20)32-31-21(17-24(22)33(31)32)19-43-30(41)8-4-2-6-14-35-27(38)11-12-28(35)39/h9-12,20-24,31-33H,1-8,13-19H2. The van der Waals surface area contributed by atoms with Crippen LogP contribution in [0.25, 0.3) is 0 Å². The molecule has 10 nitrogen and oxygen atoms in total. The Balaban J connectivity index is 0.810. The predicted molar refractivity (Wildman–Crippen MR) is 152 cm³/mol. The summed E-state index contributed by atoms with van der Waals surface area (Å²) >= 11 is 0. The molecule has 4 aliphatic carbocycles. The minimum absolute atomic E-state index is 0.150. The van der Waals surface area contributed by atoms with Gasteiger partial charge in [-0.1, -0.05) is 12.8 Å². The molecule has 8 unspecified atom stereocenters. The van der Waals surface area contributed by atoms with Crippen molar-refractivity contribution in [2.45, 2.75) is 70.6 Å². The Labute approximate surface area is 252 Å². The lowest BCUT2D eigenvalue weighted by Crippen LogP contribution is -2.30. The van der Waals surface area contributed by atoms with Crippen LogP contribution in [0.2, 0.25) is 0 Å². The van der Waals surface area contributed by atoms with Crippen LogP contribution in [-0.2, 0) is 38.2 Å². The fraction of sp³-hybridized carbons (Fsp3) is 0.697. The van der Waals surface area contributed by atoms with Gasteiger partial charge < -0.3 is 9.47 Å². The lowest BCUT2D eigenvalue weighted by atomic mass is 9.87. The summed E-state index contributed by atoms with van der Waals surface area (Å²) in [5, 5.41) is 0. The van der Waals surface area contributed by atoms with Crippen LogP contribution in [0.3, 0.4) is 0 Å². The fourth-order valence-corrected chi connectivity index (χ4v) is 9.04. The van der Waals surface area contributed by atoms with Crippen molar-refractivity contribution in [1.29, 1.82) is 0 Å². The highest BCUT2D eigenvalue weighted by molar-refractivity contribution is 6.13. The van der Waals surface area contributed by atoms with E-state index in [0.29, 0.717) is 88.5 Å². The van der Waals surface area contributed by atoms with Gasteiger partial charge in [0, 0.05) is 50.2 Å². The van der Waals surface area contributed by atoms with E-state index in [9.17, 15) is 28.8 Å². The Kier molecular flexibility index (Phi) is 8.82. The second-order valence-corrected chi connectivity index (χ2v) is 13.4. The van der Waals surface area contributed by atoms with Crippen molar-refractivity contribution < 1.29 is 38.2 Å². The maximum absolute atomic E-state index is 12.3. The molecule has 0 N–H and O–H groups in total. The predicted octanol–water partition coefficient (Wildman–Crippen LogP) is 3.20. The number of carbonyl (C=O) groups is 6. The molecule has 6 rings (SSSR count). The summed E-state index contributed by atoms with van der Waals surface area (Å²) in [4.78, 5) is 73.4. The zero-order valence-electron chi connectivity index (χ0n) is 24.7. The number of amides is 4. The fourth-order valence-electron chi connectivity index (χ4n) is 9.04. The number of ether oxygens (including phenoxy) is 2. The minimum atomic E-state index is -0.262. The van der Waals surface area contributed by atoms with Gasteiger partial charge in [0.15, 0.2) is 0 Å². The molecule has 232 valence electrons. The molecule has 4 amide bonds. The summed E-state index contributed by atoms with van der Waals surface area (Å²) in [5.74, 6) is 3.96. The molecular formula is C33H42N2O8. The van der Waals surface area contributed by atoms with E-state index >= 15 is 0 Å². The largest absolute Gasteiger partial charge is 0.465 e. The molecule has 0 saturated heterocycles. The van der Waals surface area contributed by atoms with Gasteiger partial charge in [-0.25, -0.2) is 0 Å². The third-order valence-electron chi connectivity index (χ3n) is 10.9. The average Bonchev–Trinajstić information content (AvgIpc) is 3.36. The molecule has 0 aromatic rings. The normalized spacial score (nSPS) is 33.1. The van der Waals surface area contributed by atoms with Gasteiger partial charge in [-0.15, -0.1) is 0 Å². The summed E-state index contributed by atoms with van der Waals surface area (Å²) in [6, 6.07) is 0. The van der Waals surface area contributed by atoms with Crippen molar-refractivity contribution in [2.75, 3.05) is 26.3 Å². The van der Waals surface area contributed by atoms with Gasteiger partial charge in [-0.3, -0.25) is 38.6 Å². The molecule has 8 atom stereocenters. The van der Waals surface area contributed by atoms with E-state index in [-0.39, 0.29) is 35.6 Å². The minimum Gasteiger partial charge on any atom is -0.465 e. The first-order valence-corrected chi connectivity index (χ1v) is 16.2. The molecule has 0 aromatic heterocycles. The second kappa shape index (κ2) is 12.7. The Morgan fingerprint density at radius 3 is 1.58 bits per heavy atom. The van der Waals surface area contributed by atoms with Gasteiger partial charge in [0.1, 0.15) is 0 Å². The van der Waals surface area contributed by atoms with Crippen LogP contribution in [-0.4, -0.2) is 71.7 Å². The van der Waals surface area contributed by atoms with Crippen molar-refractivity contribution >= 4 is 35.6 Å². The van der Waals surface area contributed by atoms with Gasteiger partial charge in [0.25, 0.3) is 23.6 Å². The number of unbranched alkanes of at least 4 members (excludes halogenated alkanes) is 4. The quantitative estimate of drug-likeness (QED) is 0.151. The lowest BCUT2D eigenvalue weighted by molar-refractivity contribution is -0.146. The topological polar surface area (TPSA) is 127 Å². The second-order valence-electron chi connectivity index (χ2n) is 13.4. The number of fused-ring (bicyclic) bond motifs is 4. The molecule has 0 aromatic carbocycles. The van der Waals surface area contributed by atoms with Crippen molar-refractivity contribution in [3.63, 3.8) is 0 Å². The molecule has 0 bridgehead atoms. The third kappa shape index (κ3) is 6.34. The van der Waals surface area contributed by atoms with Gasteiger partial charge in [-0.2, -0.15) is 0 Å². The van der Waals surface area contributed by atoms with Crippen LogP contribution in [0.15, 0.2) is 24.3 Å². The molecule has 10 heteroatoms.